The molecule has 1 aliphatic rings. The van der Waals surface area contributed by atoms with Gasteiger partial charge in [0.05, 0.1) is 4.92 Å². The zero-order chi connectivity index (χ0) is 17.4. The lowest BCUT2D eigenvalue weighted by molar-refractivity contribution is -0.384. The van der Waals surface area contributed by atoms with E-state index in [0.29, 0.717) is 17.9 Å². The van der Waals surface area contributed by atoms with Crippen LogP contribution in [0.4, 0.5) is 5.69 Å². The lowest BCUT2D eigenvalue weighted by Crippen LogP contribution is -2.46. The third kappa shape index (κ3) is 6.43. The van der Waals surface area contributed by atoms with Gasteiger partial charge in [0.15, 0.2) is 5.96 Å². The number of rotatable bonds is 8. The molecule has 0 aromatic heterocycles. The molecule has 7 nitrogen and oxygen atoms in total. The summed E-state index contributed by atoms with van der Waals surface area (Å²) in [4.78, 5) is 14.7. The zero-order valence-corrected chi connectivity index (χ0v) is 17.1. The molecule has 0 spiro atoms. The van der Waals surface area contributed by atoms with Crippen LogP contribution in [0, 0.1) is 15.5 Å². The van der Waals surface area contributed by atoms with E-state index in [4.69, 9.17) is 4.74 Å². The number of benzene rings is 1. The summed E-state index contributed by atoms with van der Waals surface area (Å²) in [5, 5.41) is 17.4. The molecule has 0 atom stereocenters. The molecular weight excluding hydrogens is 435 g/mol. The Bertz CT molecular complexity index is 591. The van der Waals surface area contributed by atoms with Crippen LogP contribution >= 0.6 is 24.0 Å². The van der Waals surface area contributed by atoms with E-state index in [9.17, 15) is 10.1 Å². The number of nitrogens with one attached hydrogen (secondary N) is 2. The molecule has 25 heavy (non-hydrogen) atoms. The van der Waals surface area contributed by atoms with Crippen LogP contribution < -0.4 is 10.6 Å². The Morgan fingerprint density at radius 1 is 1.40 bits per heavy atom. The highest BCUT2D eigenvalue weighted by atomic mass is 127. The van der Waals surface area contributed by atoms with E-state index >= 15 is 0 Å². The Kier molecular flexibility index (Phi) is 9.12. The van der Waals surface area contributed by atoms with Gasteiger partial charge in [-0.05, 0) is 30.2 Å². The molecule has 0 radical (unpaired) electrons. The minimum atomic E-state index is -0.382. The number of guanidine groups is 1. The summed E-state index contributed by atoms with van der Waals surface area (Å²) in [5.74, 6) is 0.713. The lowest BCUT2D eigenvalue weighted by Gasteiger charge is -2.42. The molecule has 0 unspecified atom stereocenters. The van der Waals surface area contributed by atoms with Gasteiger partial charge in [-0.2, -0.15) is 0 Å². The number of hydrogen-bond acceptors (Lipinski definition) is 4. The van der Waals surface area contributed by atoms with Gasteiger partial charge in [-0.15, -0.1) is 24.0 Å². The van der Waals surface area contributed by atoms with Crippen LogP contribution in [-0.4, -0.2) is 38.2 Å². The van der Waals surface area contributed by atoms with Gasteiger partial charge in [-0.3, -0.25) is 15.1 Å². The quantitative estimate of drug-likeness (QED) is 0.204. The summed E-state index contributed by atoms with van der Waals surface area (Å²) in [6, 6.07) is 6.62. The molecule has 0 saturated heterocycles. The normalized spacial score (nSPS) is 15.7. The average Bonchev–Trinajstić information content (AvgIpc) is 2.56. The molecule has 1 aliphatic carbocycles. The molecular formula is C17H27IN4O3. The van der Waals surface area contributed by atoms with Crippen LogP contribution in [0.25, 0.3) is 0 Å². The lowest BCUT2D eigenvalue weighted by atomic mass is 9.67. The fraction of sp³-hybridized carbons (Fsp3) is 0.588. The Labute approximate surface area is 165 Å². The van der Waals surface area contributed by atoms with E-state index in [1.54, 1.807) is 26.3 Å². The summed E-state index contributed by atoms with van der Waals surface area (Å²) in [6.07, 6.45) is 4.75. The maximum atomic E-state index is 10.8. The average molecular weight is 462 g/mol. The van der Waals surface area contributed by atoms with Crippen LogP contribution in [0.1, 0.15) is 31.2 Å². The van der Waals surface area contributed by atoms with Gasteiger partial charge in [0.2, 0.25) is 0 Å². The van der Waals surface area contributed by atoms with Crippen LogP contribution in [0.5, 0.6) is 0 Å². The van der Waals surface area contributed by atoms with Crippen LogP contribution in [-0.2, 0) is 11.3 Å². The number of non-ortho nitro benzene ring substituents is 1. The van der Waals surface area contributed by atoms with Crippen molar-refractivity contribution < 1.29 is 9.66 Å². The van der Waals surface area contributed by atoms with Gasteiger partial charge in [-0.25, -0.2) is 0 Å². The summed E-state index contributed by atoms with van der Waals surface area (Å²) < 4.78 is 5.21. The molecule has 0 aliphatic heterocycles. The molecule has 8 heteroatoms. The standard InChI is InChI=1S/C17H26N4O3.HI/c1-18-16(20-13-17(7-4-8-17)9-10-24-2)19-12-14-5-3-6-15(11-14)21(22)23;/h3,5-6,11H,4,7-10,12-13H2,1-2H3,(H2,18,19,20);1H. The summed E-state index contributed by atoms with van der Waals surface area (Å²) in [6.45, 7) is 2.14. The molecule has 2 rings (SSSR count). The smallest absolute Gasteiger partial charge is 0.269 e. The van der Waals surface area contributed by atoms with Crippen LogP contribution in [0.3, 0.4) is 0 Å². The van der Waals surface area contributed by atoms with Crippen molar-refractivity contribution in [1.29, 1.82) is 0 Å². The van der Waals surface area contributed by atoms with E-state index in [-0.39, 0.29) is 34.6 Å². The highest BCUT2D eigenvalue weighted by Crippen LogP contribution is 2.43. The van der Waals surface area contributed by atoms with Gasteiger partial charge >= 0.3 is 0 Å². The number of aliphatic imine (C=N–C) groups is 1. The Morgan fingerprint density at radius 3 is 2.72 bits per heavy atom. The molecule has 0 heterocycles. The van der Waals surface area contributed by atoms with Gasteiger partial charge in [0, 0.05) is 46.0 Å². The number of methoxy groups -OCH3 is 1. The summed E-state index contributed by atoms with van der Waals surface area (Å²) >= 11 is 0. The van der Waals surface area contributed by atoms with Crippen molar-refractivity contribution >= 4 is 35.6 Å². The van der Waals surface area contributed by atoms with Crippen molar-refractivity contribution in [3.05, 3.63) is 39.9 Å². The zero-order valence-electron chi connectivity index (χ0n) is 14.8. The maximum absolute atomic E-state index is 10.8. The minimum Gasteiger partial charge on any atom is -0.385 e. The summed E-state index contributed by atoms with van der Waals surface area (Å²) in [5.41, 5.74) is 1.26. The molecule has 1 fully saturated rings. The first kappa shape index (κ1) is 21.6. The highest BCUT2D eigenvalue weighted by Gasteiger charge is 2.36. The largest absolute Gasteiger partial charge is 0.385 e. The monoisotopic (exact) mass is 462 g/mol. The molecule has 1 aromatic rings. The van der Waals surface area contributed by atoms with Crippen molar-refractivity contribution in [3.63, 3.8) is 0 Å². The van der Waals surface area contributed by atoms with Crippen molar-refractivity contribution in [3.8, 4) is 0 Å². The van der Waals surface area contributed by atoms with Crippen LogP contribution in [0.2, 0.25) is 0 Å². The number of hydrogen-bond donors (Lipinski definition) is 2. The molecule has 140 valence electrons. The molecule has 1 aromatic carbocycles. The second kappa shape index (κ2) is 10.5. The predicted molar refractivity (Wildman–Crippen MR) is 109 cm³/mol. The highest BCUT2D eigenvalue weighted by molar-refractivity contribution is 14.0. The SMILES string of the molecule is CN=C(NCc1cccc([N+](=O)[O-])c1)NCC1(CCOC)CCC1.I. The van der Waals surface area contributed by atoms with Crippen molar-refractivity contribution in [1.82, 2.24) is 10.6 Å². The molecule has 0 bridgehead atoms. The first-order chi connectivity index (χ1) is 11.6. The Morgan fingerprint density at radius 2 is 2.16 bits per heavy atom. The first-order valence-corrected chi connectivity index (χ1v) is 8.25. The van der Waals surface area contributed by atoms with Gasteiger partial charge in [0.25, 0.3) is 5.69 Å². The third-order valence-electron chi connectivity index (χ3n) is 4.69. The van der Waals surface area contributed by atoms with Crippen molar-refractivity contribution in [2.75, 3.05) is 27.3 Å². The number of ether oxygens (including phenoxy) is 1. The number of nitro benzene ring substituents is 1. The van der Waals surface area contributed by atoms with E-state index in [1.165, 1.54) is 25.3 Å². The fourth-order valence-electron chi connectivity index (χ4n) is 2.97. The van der Waals surface area contributed by atoms with Gasteiger partial charge in [-0.1, -0.05) is 18.6 Å². The third-order valence-corrected chi connectivity index (χ3v) is 4.69. The number of nitrogens with zero attached hydrogens (tertiary/aromatic N) is 2. The topological polar surface area (TPSA) is 88.8 Å². The molecule has 2 N–H and O–H groups in total. The Hall–Kier alpha value is -1.42. The Balaban J connectivity index is 0.00000312. The second-order valence-electron chi connectivity index (χ2n) is 6.30. The van der Waals surface area contributed by atoms with Crippen molar-refractivity contribution in [2.24, 2.45) is 10.4 Å². The summed E-state index contributed by atoms with van der Waals surface area (Å²) in [7, 11) is 3.46. The number of halogens is 1. The maximum Gasteiger partial charge on any atom is 0.269 e. The van der Waals surface area contributed by atoms with Crippen molar-refractivity contribution in [2.45, 2.75) is 32.2 Å². The van der Waals surface area contributed by atoms with Crippen LogP contribution in [0.15, 0.2) is 29.3 Å². The first-order valence-electron chi connectivity index (χ1n) is 8.25. The predicted octanol–water partition coefficient (Wildman–Crippen LogP) is 3.08. The molecule has 0 amide bonds. The van der Waals surface area contributed by atoms with Gasteiger partial charge in [0.1, 0.15) is 0 Å². The molecule has 1 saturated carbocycles. The van der Waals surface area contributed by atoms with E-state index in [2.05, 4.69) is 15.6 Å². The van der Waals surface area contributed by atoms with E-state index in [1.807, 2.05) is 6.07 Å². The second-order valence-corrected chi connectivity index (χ2v) is 6.30. The van der Waals surface area contributed by atoms with E-state index in [0.717, 1.165) is 25.1 Å². The van der Waals surface area contributed by atoms with Gasteiger partial charge < -0.3 is 15.4 Å². The minimum absolute atomic E-state index is 0. The number of nitro groups is 1. The fourth-order valence-corrected chi connectivity index (χ4v) is 2.97. The van der Waals surface area contributed by atoms with E-state index < -0.39 is 0 Å².